The van der Waals surface area contributed by atoms with E-state index in [4.69, 9.17) is 0 Å². The highest BCUT2D eigenvalue weighted by Crippen LogP contribution is 2.44. The molecule has 2 N–H and O–H groups in total. The Morgan fingerprint density at radius 3 is 2.52 bits per heavy atom. The summed E-state index contributed by atoms with van der Waals surface area (Å²) in [6.45, 7) is 0. The molecule has 1 heterocycles. The summed E-state index contributed by atoms with van der Waals surface area (Å²) in [4.78, 5) is 12.1. The summed E-state index contributed by atoms with van der Waals surface area (Å²) in [5.41, 5.74) is 0. The standard InChI is InChI=1S/C14H20N4OS2/c19-11(16-12(8-1-2-8)9-3-4-9)7-20-14-18-17-13(21-14)15-10-5-6-10/h8-10,12H,1-7H2,(H,15,17)(H,16,19). The SMILES string of the molecule is O=C(CSc1nnc(NC2CC2)s1)NC(C1CC1)C1CC1. The lowest BCUT2D eigenvalue weighted by molar-refractivity contribution is -0.119. The molecule has 1 aromatic heterocycles. The first-order valence-electron chi connectivity index (χ1n) is 7.80. The molecule has 3 aliphatic carbocycles. The number of nitrogens with zero attached hydrogens (tertiary/aromatic N) is 2. The van der Waals surface area contributed by atoms with Crippen molar-refractivity contribution in [2.24, 2.45) is 11.8 Å². The number of hydrogen-bond donors (Lipinski definition) is 2. The molecule has 3 aliphatic rings. The molecule has 7 heteroatoms. The Kier molecular flexibility index (Phi) is 3.79. The molecular formula is C14H20N4OS2. The Labute approximate surface area is 132 Å². The van der Waals surface area contributed by atoms with E-state index in [1.54, 1.807) is 11.3 Å². The predicted octanol–water partition coefficient (Wildman–Crippen LogP) is 2.51. The molecule has 5 nitrogen and oxygen atoms in total. The minimum atomic E-state index is 0.149. The maximum atomic E-state index is 12.1. The van der Waals surface area contributed by atoms with Crippen LogP contribution in [0, 0.1) is 11.8 Å². The zero-order chi connectivity index (χ0) is 14.2. The van der Waals surface area contributed by atoms with Crippen LogP contribution in [0.5, 0.6) is 0 Å². The fraction of sp³-hybridized carbons (Fsp3) is 0.786. The van der Waals surface area contributed by atoms with Gasteiger partial charge < -0.3 is 10.6 Å². The molecule has 0 aromatic carbocycles. The van der Waals surface area contributed by atoms with Crippen molar-refractivity contribution in [1.82, 2.24) is 15.5 Å². The summed E-state index contributed by atoms with van der Waals surface area (Å²) < 4.78 is 0.877. The first-order valence-corrected chi connectivity index (χ1v) is 9.60. The second-order valence-electron chi connectivity index (χ2n) is 6.35. The molecule has 0 aliphatic heterocycles. The van der Waals surface area contributed by atoms with Gasteiger partial charge in [-0.2, -0.15) is 0 Å². The monoisotopic (exact) mass is 324 g/mol. The van der Waals surface area contributed by atoms with E-state index in [2.05, 4.69) is 20.8 Å². The Morgan fingerprint density at radius 1 is 1.19 bits per heavy atom. The lowest BCUT2D eigenvalue weighted by atomic mass is 10.1. The maximum Gasteiger partial charge on any atom is 0.230 e. The smallest absolute Gasteiger partial charge is 0.230 e. The number of anilines is 1. The quantitative estimate of drug-likeness (QED) is 0.719. The van der Waals surface area contributed by atoms with E-state index >= 15 is 0 Å². The third-order valence-corrected chi connectivity index (χ3v) is 6.21. The van der Waals surface area contributed by atoms with Gasteiger partial charge in [0.15, 0.2) is 4.34 Å². The number of carbonyl (C=O) groups is 1. The van der Waals surface area contributed by atoms with Gasteiger partial charge in [-0.3, -0.25) is 4.79 Å². The third kappa shape index (κ3) is 3.88. The van der Waals surface area contributed by atoms with Crippen LogP contribution in [0.1, 0.15) is 38.5 Å². The van der Waals surface area contributed by atoms with Crippen molar-refractivity contribution in [3.05, 3.63) is 0 Å². The largest absolute Gasteiger partial charge is 0.357 e. The molecule has 21 heavy (non-hydrogen) atoms. The third-order valence-electron chi connectivity index (χ3n) is 4.23. The van der Waals surface area contributed by atoms with Gasteiger partial charge in [-0.25, -0.2) is 0 Å². The van der Waals surface area contributed by atoms with Crippen LogP contribution >= 0.6 is 23.1 Å². The van der Waals surface area contributed by atoms with E-state index in [9.17, 15) is 4.79 Å². The molecule has 114 valence electrons. The number of thioether (sulfide) groups is 1. The summed E-state index contributed by atoms with van der Waals surface area (Å²) >= 11 is 3.04. The summed E-state index contributed by atoms with van der Waals surface area (Å²) in [6.07, 6.45) is 7.63. The Balaban J connectivity index is 1.23. The van der Waals surface area contributed by atoms with Crippen molar-refractivity contribution in [2.45, 2.75) is 54.9 Å². The molecular weight excluding hydrogens is 304 g/mol. The van der Waals surface area contributed by atoms with Crippen molar-refractivity contribution < 1.29 is 4.79 Å². The van der Waals surface area contributed by atoms with Crippen molar-refractivity contribution in [3.63, 3.8) is 0 Å². The zero-order valence-corrected chi connectivity index (χ0v) is 13.5. The van der Waals surface area contributed by atoms with Crippen LogP contribution in [0.15, 0.2) is 4.34 Å². The normalized spacial score (nSPS) is 21.6. The Morgan fingerprint density at radius 2 is 1.90 bits per heavy atom. The summed E-state index contributed by atoms with van der Waals surface area (Å²) in [5, 5.41) is 15.7. The van der Waals surface area contributed by atoms with Crippen LogP contribution in [0.4, 0.5) is 5.13 Å². The highest BCUT2D eigenvalue weighted by Gasteiger charge is 2.42. The summed E-state index contributed by atoms with van der Waals surface area (Å²) in [6, 6.07) is 1.04. The van der Waals surface area contributed by atoms with Crippen LogP contribution in [0.2, 0.25) is 0 Å². The van der Waals surface area contributed by atoms with Crippen LogP contribution in [0.3, 0.4) is 0 Å². The van der Waals surface area contributed by atoms with Gasteiger partial charge in [0.05, 0.1) is 5.75 Å². The highest BCUT2D eigenvalue weighted by molar-refractivity contribution is 8.01. The molecule has 3 saturated carbocycles. The Hall–Kier alpha value is -0.820. The number of hydrogen-bond acceptors (Lipinski definition) is 6. The van der Waals surface area contributed by atoms with Gasteiger partial charge in [-0.05, 0) is 50.4 Å². The number of amides is 1. The fourth-order valence-electron chi connectivity index (χ4n) is 2.61. The summed E-state index contributed by atoms with van der Waals surface area (Å²) in [5.74, 6) is 2.11. The van der Waals surface area contributed by atoms with Crippen LogP contribution in [-0.4, -0.2) is 33.9 Å². The van der Waals surface area contributed by atoms with Gasteiger partial charge in [-0.15, -0.1) is 10.2 Å². The number of carbonyl (C=O) groups excluding carboxylic acids is 1. The first-order chi connectivity index (χ1) is 10.3. The van der Waals surface area contributed by atoms with Crippen molar-refractivity contribution in [1.29, 1.82) is 0 Å². The molecule has 0 atom stereocenters. The van der Waals surface area contributed by atoms with E-state index in [1.165, 1.54) is 50.3 Å². The molecule has 0 bridgehead atoms. The van der Waals surface area contributed by atoms with Gasteiger partial charge in [0.1, 0.15) is 0 Å². The molecule has 4 rings (SSSR count). The minimum Gasteiger partial charge on any atom is -0.357 e. The average Bonchev–Trinajstić information content (AvgIpc) is 3.32. The van der Waals surface area contributed by atoms with Gasteiger partial charge >= 0.3 is 0 Å². The Bertz CT molecular complexity index is 511. The topological polar surface area (TPSA) is 66.9 Å². The molecule has 0 saturated heterocycles. The van der Waals surface area contributed by atoms with E-state index in [0.29, 0.717) is 17.8 Å². The molecule has 3 fully saturated rings. The molecule has 0 spiro atoms. The van der Waals surface area contributed by atoms with E-state index in [-0.39, 0.29) is 5.91 Å². The van der Waals surface area contributed by atoms with Gasteiger partial charge in [-0.1, -0.05) is 23.1 Å². The van der Waals surface area contributed by atoms with E-state index in [1.807, 2.05) is 0 Å². The van der Waals surface area contributed by atoms with E-state index < -0.39 is 0 Å². The molecule has 1 aromatic rings. The van der Waals surface area contributed by atoms with Gasteiger partial charge in [0.2, 0.25) is 11.0 Å². The van der Waals surface area contributed by atoms with Gasteiger partial charge in [0, 0.05) is 12.1 Å². The maximum absolute atomic E-state index is 12.1. The van der Waals surface area contributed by atoms with Crippen LogP contribution in [-0.2, 0) is 4.79 Å². The fourth-order valence-corrected chi connectivity index (χ4v) is 4.25. The molecule has 0 radical (unpaired) electrons. The van der Waals surface area contributed by atoms with Gasteiger partial charge in [0.25, 0.3) is 0 Å². The lowest BCUT2D eigenvalue weighted by Gasteiger charge is -2.17. The second kappa shape index (κ2) is 5.76. The molecule has 0 unspecified atom stereocenters. The predicted molar refractivity (Wildman–Crippen MR) is 84.7 cm³/mol. The van der Waals surface area contributed by atoms with Crippen molar-refractivity contribution in [3.8, 4) is 0 Å². The number of aromatic nitrogens is 2. The van der Waals surface area contributed by atoms with Crippen molar-refractivity contribution >= 4 is 34.1 Å². The second-order valence-corrected chi connectivity index (χ2v) is 8.55. The highest BCUT2D eigenvalue weighted by atomic mass is 32.2. The average molecular weight is 324 g/mol. The minimum absolute atomic E-state index is 0.149. The van der Waals surface area contributed by atoms with E-state index in [0.717, 1.165) is 21.3 Å². The van der Waals surface area contributed by atoms with Crippen LogP contribution in [0.25, 0.3) is 0 Å². The van der Waals surface area contributed by atoms with Crippen LogP contribution < -0.4 is 10.6 Å². The lowest BCUT2D eigenvalue weighted by Crippen LogP contribution is -2.39. The number of nitrogens with one attached hydrogen (secondary N) is 2. The molecule has 1 amide bonds. The zero-order valence-electron chi connectivity index (χ0n) is 11.9. The van der Waals surface area contributed by atoms with Crippen molar-refractivity contribution in [2.75, 3.05) is 11.1 Å². The summed E-state index contributed by atoms with van der Waals surface area (Å²) in [7, 11) is 0. The first kappa shape index (κ1) is 13.8. The number of rotatable bonds is 8.